The van der Waals surface area contributed by atoms with Crippen LogP contribution in [-0.2, 0) is 6.42 Å². The SMILES string of the molecule is CCc1nc2ccccc2n1-c1cccc2c1ccc1ccc(-c3cc(-c4ccccc4)c4c(c3-c3ccccc3)-c3cccc5cccc-4c35)cc12. The van der Waals surface area contributed by atoms with Crippen molar-refractivity contribution < 1.29 is 0 Å². The van der Waals surface area contributed by atoms with Crippen molar-refractivity contribution in [2.45, 2.75) is 13.3 Å². The van der Waals surface area contributed by atoms with Gasteiger partial charge in [-0.3, -0.25) is 4.57 Å². The van der Waals surface area contributed by atoms with Gasteiger partial charge >= 0.3 is 0 Å². The molecule has 0 N–H and O–H groups in total. The fraction of sp³-hybridized carbons (Fsp3) is 0.0392. The zero-order valence-corrected chi connectivity index (χ0v) is 29.3. The highest BCUT2D eigenvalue weighted by atomic mass is 15.1. The predicted octanol–water partition coefficient (Wildman–Crippen LogP) is 13.7. The van der Waals surface area contributed by atoms with Gasteiger partial charge in [-0.05, 0) is 113 Å². The number of hydrogen-bond acceptors (Lipinski definition) is 1. The van der Waals surface area contributed by atoms with Gasteiger partial charge in [-0.2, -0.15) is 0 Å². The Morgan fingerprint density at radius 2 is 1.11 bits per heavy atom. The van der Waals surface area contributed by atoms with Crippen LogP contribution >= 0.6 is 0 Å². The second kappa shape index (κ2) is 11.6. The molecule has 9 aromatic carbocycles. The average molecular weight is 675 g/mol. The Bertz CT molecular complexity index is 3070. The van der Waals surface area contributed by atoms with Gasteiger partial charge in [0.2, 0.25) is 0 Å². The molecular formula is C51H34N2. The van der Waals surface area contributed by atoms with Gasteiger partial charge in [-0.15, -0.1) is 0 Å². The van der Waals surface area contributed by atoms with Crippen molar-refractivity contribution in [1.29, 1.82) is 0 Å². The van der Waals surface area contributed by atoms with Gasteiger partial charge in [0.15, 0.2) is 0 Å². The van der Waals surface area contributed by atoms with E-state index in [9.17, 15) is 0 Å². The van der Waals surface area contributed by atoms with Crippen molar-refractivity contribution in [3.63, 3.8) is 0 Å². The molecule has 1 aliphatic rings. The molecule has 248 valence electrons. The summed E-state index contributed by atoms with van der Waals surface area (Å²) < 4.78 is 2.35. The zero-order chi connectivity index (χ0) is 35.0. The van der Waals surface area contributed by atoms with Crippen LogP contribution in [0.25, 0.3) is 105 Å². The molecule has 53 heavy (non-hydrogen) atoms. The first kappa shape index (κ1) is 29.9. The molecule has 0 unspecified atom stereocenters. The number of imidazole rings is 1. The van der Waals surface area contributed by atoms with Crippen LogP contribution in [0, 0.1) is 0 Å². The van der Waals surface area contributed by atoms with Crippen LogP contribution in [0.4, 0.5) is 0 Å². The zero-order valence-electron chi connectivity index (χ0n) is 29.3. The van der Waals surface area contributed by atoms with Gasteiger partial charge in [0.05, 0.1) is 16.7 Å². The van der Waals surface area contributed by atoms with E-state index in [1.165, 1.54) is 93.6 Å². The Balaban J connectivity index is 1.23. The summed E-state index contributed by atoms with van der Waals surface area (Å²) in [4.78, 5) is 5.02. The van der Waals surface area contributed by atoms with E-state index < -0.39 is 0 Å². The van der Waals surface area contributed by atoms with Crippen LogP contribution < -0.4 is 0 Å². The van der Waals surface area contributed by atoms with E-state index in [4.69, 9.17) is 4.98 Å². The molecule has 1 heterocycles. The maximum atomic E-state index is 5.02. The summed E-state index contributed by atoms with van der Waals surface area (Å²) in [6.07, 6.45) is 0.852. The van der Waals surface area contributed by atoms with E-state index in [0.717, 1.165) is 23.3 Å². The van der Waals surface area contributed by atoms with Crippen LogP contribution in [0.3, 0.4) is 0 Å². The Morgan fingerprint density at radius 1 is 0.434 bits per heavy atom. The lowest BCUT2D eigenvalue weighted by atomic mass is 9.82. The lowest BCUT2D eigenvalue weighted by molar-refractivity contribution is 0.913. The van der Waals surface area contributed by atoms with Gasteiger partial charge in [0.1, 0.15) is 5.82 Å². The minimum absolute atomic E-state index is 0.852. The quantitative estimate of drug-likeness (QED) is 0.166. The topological polar surface area (TPSA) is 17.8 Å². The number of hydrogen-bond donors (Lipinski definition) is 0. The minimum Gasteiger partial charge on any atom is -0.296 e. The number of fused-ring (bicyclic) bond motifs is 7. The summed E-state index contributed by atoms with van der Waals surface area (Å²) in [5.74, 6) is 1.07. The fourth-order valence-corrected chi connectivity index (χ4v) is 8.98. The molecule has 0 saturated heterocycles. The van der Waals surface area contributed by atoms with Gasteiger partial charge in [0.25, 0.3) is 0 Å². The van der Waals surface area contributed by atoms with E-state index in [2.05, 4.69) is 187 Å². The first-order chi connectivity index (χ1) is 26.3. The molecular weight excluding hydrogens is 641 g/mol. The second-order valence-electron chi connectivity index (χ2n) is 14.1. The van der Waals surface area contributed by atoms with Crippen molar-refractivity contribution >= 4 is 43.4 Å². The van der Waals surface area contributed by atoms with E-state index in [-0.39, 0.29) is 0 Å². The summed E-state index contributed by atoms with van der Waals surface area (Å²) in [6.45, 7) is 2.19. The Hall–Kier alpha value is -6.77. The maximum Gasteiger partial charge on any atom is 0.114 e. The number of aryl methyl sites for hydroxylation is 1. The third-order valence-electron chi connectivity index (χ3n) is 11.3. The minimum atomic E-state index is 0.852. The molecule has 10 aromatic rings. The van der Waals surface area contributed by atoms with Crippen LogP contribution in [0.5, 0.6) is 0 Å². The van der Waals surface area contributed by atoms with E-state index in [1.54, 1.807) is 0 Å². The van der Waals surface area contributed by atoms with Crippen LogP contribution in [0.2, 0.25) is 0 Å². The number of rotatable bonds is 5. The first-order valence-corrected chi connectivity index (χ1v) is 18.5. The van der Waals surface area contributed by atoms with Crippen molar-refractivity contribution in [2.24, 2.45) is 0 Å². The summed E-state index contributed by atoms with van der Waals surface area (Å²) in [5.41, 5.74) is 16.0. The van der Waals surface area contributed by atoms with Crippen molar-refractivity contribution in [1.82, 2.24) is 9.55 Å². The molecule has 2 nitrogen and oxygen atoms in total. The summed E-state index contributed by atoms with van der Waals surface area (Å²) >= 11 is 0. The highest BCUT2D eigenvalue weighted by molar-refractivity contribution is 6.23. The molecule has 11 rings (SSSR count). The lowest BCUT2D eigenvalue weighted by Gasteiger charge is -2.21. The maximum absolute atomic E-state index is 5.02. The van der Waals surface area contributed by atoms with E-state index in [1.807, 2.05) is 0 Å². The van der Waals surface area contributed by atoms with Crippen molar-refractivity contribution in [2.75, 3.05) is 0 Å². The monoisotopic (exact) mass is 674 g/mol. The molecule has 0 radical (unpaired) electrons. The third-order valence-corrected chi connectivity index (χ3v) is 11.3. The summed E-state index contributed by atoms with van der Waals surface area (Å²) in [5, 5.41) is 7.56. The predicted molar refractivity (Wildman–Crippen MR) is 224 cm³/mol. The molecule has 0 atom stereocenters. The largest absolute Gasteiger partial charge is 0.296 e. The number of aromatic nitrogens is 2. The molecule has 0 amide bonds. The third kappa shape index (κ3) is 4.42. The van der Waals surface area contributed by atoms with Crippen LogP contribution in [0.1, 0.15) is 12.7 Å². The Morgan fingerprint density at radius 3 is 1.91 bits per heavy atom. The van der Waals surface area contributed by atoms with Gasteiger partial charge < -0.3 is 0 Å². The number of para-hydroxylation sites is 2. The second-order valence-corrected chi connectivity index (χ2v) is 14.1. The highest BCUT2D eigenvalue weighted by Gasteiger charge is 2.30. The highest BCUT2D eigenvalue weighted by Crippen LogP contribution is 2.57. The number of nitrogens with zero attached hydrogens (tertiary/aromatic N) is 2. The van der Waals surface area contributed by atoms with E-state index in [0.29, 0.717) is 0 Å². The van der Waals surface area contributed by atoms with Gasteiger partial charge in [-0.1, -0.05) is 153 Å². The smallest absolute Gasteiger partial charge is 0.114 e. The first-order valence-electron chi connectivity index (χ1n) is 18.5. The molecule has 0 fully saturated rings. The average Bonchev–Trinajstić information content (AvgIpc) is 3.77. The van der Waals surface area contributed by atoms with E-state index >= 15 is 0 Å². The number of benzene rings is 9. The Labute approximate surface area is 308 Å². The van der Waals surface area contributed by atoms with Crippen LogP contribution in [-0.4, -0.2) is 9.55 Å². The van der Waals surface area contributed by atoms with Crippen molar-refractivity contribution in [3.05, 3.63) is 182 Å². The molecule has 0 bridgehead atoms. The normalized spacial score (nSPS) is 11.9. The lowest BCUT2D eigenvalue weighted by Crippen LogP contribution is -2.01. The molecule has 1 aromatic heterocycles. The van der Waals surface area contributed by atoms with Gasteiger partial charge in [-0.25, -0.2) is 4.98 Å². The Kier molecular flexibility index (Phi) is 6.56. The van der Waals surface area contributed by atoms with Crippen molar-refractivity contribution in [3.8, 4) is 61.3 Å². The van der Waals surface area contributed by atoms with Crippen LogP contribution in [0.15, 0.2) is 176 Å². The molecule has 0 spiro atoms. The standard InChI is InChI=1S/C51H34N2/c1-2-47-52-44-23-9-10-24-46(44)53(47)45-25-13-20-37-38(45)29-28-33-26-27-36(30-41(33)37)43-31-42(32-14-5-3-6-15-32)50-39-21-11-18-34-19-12-22-40(48(34)39)51(50)49(43)35-16-7-4-8-17-35/h3-31H,2H2,1H3. The molecule has 0 saturated carbocycles. The van der Waals surface area contributed by atoms with Gasteiger partial charge in [0, 0.05) is 11.8 Å². The fourth-order valence-electron chi connectivity index (χ4n) is 8.98. The molecule has 2 heteroatoms. The summed E-state index contributed by atoms with van der Waals surface area (Å²) in [6, 6.07) is 64.8. The molecule has 0 aliphatic heterocycles. The summed E-state index contributed by atoms with van der Waals surface area (Å²) in [7, 11) is 0. The molecule has 1 aliphatic carbocycles.